The predicted octanol–water partition coefficient (Wildman–Crippen LogP) is 5.05. The highest BCUT2D eigenvalue weighted by atomic mass is 16.5. The largest absolute Gasteiger partial charge is 0.489 e. The smallest absolute Gasteiger partial charge is 0.293 e. The van der Waals surface area contributed by atoms with Crippen LogP contribution in [0, 0.1) is 0 Å². The normalized spacial score (nSPS) is 11.6. The SMILES string of the molecule is C=C(C)/C=C(/CC)C(=C)C(=C)/C(=C\C(=C)CC)OCCOC=O. The predicted molar refractivity (Wildman–Crippen MR) is 97.0 cm³/mol. The topological polar surface area (TPSA) is 35.5 Å². The van der Waals surface area contributed by atoms with Gasteiger partial charge in [0.15, 0.2) is 0 Å². The van der Waals surface area contributed by atoms with Crippen molar-refractivity contribution in [2.75, 3.05) is 13.2 Å². The summed E-state index contributed by atoms with van der Waals surface area (Å²) in [5, 5.41) is 0. The zero-order chi connectivity index (χ0) is 17.8. The minimum atomic E-state index is 0.182. The van der Waals surface area contributed by atoms with Crippen molar-refractivity contribution in [3.8, 4) is 0 Å². The van der Waals surface area contributed by atoms with Gasteiger partial charge in [0.1, 0.15) is 19.0 Å². The van der Waals surface area contributed by atoms with Crippen molar-refractivity contribution in [1.82, 2.24) is 0 Å². The lowest BCUT2D eigenvalue weighted by Gasteiger charge is -2.17. The maximum atomic E-state index is 10.2. The van der Waals surface area contributed by atoms with Gasteiger partial charge in [0.05, 0.1) is 0 Å². The molecule has 0 fully saturated rings. The molecule has 0 saturated carbocycles. The zero-order valence-corrected chi connectivity index (χ0v) is 14.6. The van der Waals surface area contributed by atoms with Crippen LogP contribution in [0.15, 0.2) is 72.1 Å². The van der Waals surface area contributed by atoms with Gasteiger partial charge in [-0.15, -0.1) is 0 Å². The maximum absolute atomic E-state index is 10.2. The van der Waals surface area contributed by atoms with Crippen molar-refractivity contribution in [2.45, 2.75) is 33.6 Å². The molecule has 0 amide bonds. The number of rotatable bonds is 12. The molecule has 23 heavy (non-hydrogen) atoms. The highest BCUT2D eigenvalue weighted by Gasteiger charge is 2.12. The van der Waals surface area contributed by atoms with E-state index in [2.05, 4.69) is 38.0 Å². The number of allylic oxidation sites excluding steroid dienone is 6. The van der Waals surface area contributed by atoms with Gasteiger partial charge in [-0.25, -0.2) is 0 Å². The third-order valence-electron chi connectivity index (χ3n) is 3.17. The van der Waals surface area contributed by atoms with Crippen molar-refractivity contribution in [3.63, 3.8) is 0 Å². The first-order valence-corrected chi connectivity index (χ1v) is 7.69. The molecule has 3 nitrogen and oxygen atoms in total. The lowest BCUT2D eigenvalue weighted by molar-refractivity contribution is -0.129. The molecule has 0 unspecified atom stereocenters. The molecular formula is C20H28O3. The van der Waals surface area contributed by atoms with Crippen LogP contribution in [0.3, 0.4) is 0 Å². The highest BCUT2D eigenvalue weighted by Crippen LogP contribution is 2.27. The maximum Gasteiger partial charge on any atom is 0.293 e. The Morgan fingerprint density at radius 2 is 1.61 bits per heavy atom. The summed E-state index contributed by atoms with van der Waals surface area (Å²) >= 11 is 0. The Hall–Kier alpha value is -2.29. The second kappa shape index (κ2) is 11.3. The number of carbonyl (C=O) groups excluding carboxylic acids is 1. The molecular weight excluding hydrogens is 288 g/mol. The summed E-state index contributed by atoms with van der Waals surface area (Å²) < 4.78 is 10.4. The molecule has 0 saturated heterocycles. The van der Waals surface area contributed by atoms with Gasteiger partial charge >= 0.3 is 0 Å². The zero-order valence-electron chi connectivity index (χ0n) is 14.6. The van der Waals surface area contributed by atoms with Crippen LogP contribution in [-0.4, -0.2) is 19.7 Å². The number of hydrogen-bond acceptors (Lipinski definition) is 3. The molecule has 0 aromatic rings. The first-order valence-electron chi connectivity index (χ1n) is 7.69. The monoisotopic (exact) mass is 316 g/mol. The van der Waals surface area contributed by atoms with E-state index in [-0.39, 0.29) is 13.2 Å². The van der Waals surface area contributed by atoms with Crippen molar-refractivity contribution in [2.24, 2.45) is 0 Å². The Kier molecular flexibility index (Phi) is 10.2. The molecule has 0 heterocycles. The van der Waals surface area contributed by atoms with E-state index in [1.807, 2.05) is 26.0 Å². The van der Waals surface area contributed by atoms with Gasteiger partial charge in [-0.05, 0) is 37.0 Å². The summed E-state index contributed by atoms with van der Waals surface area (Å²) in [6.07, 6.45) is 5.47. The first kappa shape index (κ1) is 20.7. The van der Waals surface area contributed by atoms with Crippen LogP contribution in [0.1, 0.15) is 33.6 Å². The van der Waals surface area contributed by atoms with Gasteiger partial charge in [0.25, 0.3) is 6.47 Å². The molecule has 0 aromatic carbocycles. The number of ether oxygens (including phenoxy) is 2. The highest BCUT2D eigenvalue weighted by molar-refractivity contribution is 5.53. The summed E-state index contributed by atoms with van der Waals surface area (Å²) in [6, 6.07) is 0. The van der Waals surface area contributed by atoms with E-state index in [0.29, 0.717) is 17.8 Å². The molecule has 0 bridgehead atoms. The second-order valence-corrected chi connectivity index (χ2v) is 5.16. The second-order valence-electron chi connectivity index (χ2n) is 5.16. The Bertz CT molecular complexity index is 533. The Morgan fingerprint density at radius 3 is 2.09 bits per heavy atom. The minimum absolute atomic E-state index is 0.182. The molecule has 0 atom stereocenters. The van der Waals surface area contributed by atoms with Crippen LogP contribution in [0.5, 0.6) is 0 Å². The molecule has 0 radical (unpaired) electrons. The summed E-state index contributed by atoms with van der Waals surface area (Å²) in [7, 11) is 0. The van der Waals surface area contributed by atoms with Gasteiger partial charge in [-0.1, -0.05) is 57.4 Å². The van der Waals surface area contributed by atoms with Gasteiger partial charge in [0.2, 0.25) is 0 Å². The molecule has 3 heteroatoms. The lowest BCUT2D eigenvalue weighted by Crippen LogP contribution is -2.06. The Morgan fingerprint density at radius 1 is 0.957 bits per heavy atom. The molecule has 0 spiro atoms. The van der Waals surface area contributed by atoms with Crippen molar-refractivity contribution in [1.29, 1.82) is 0 Å². The average molecular weight is 316 g/mol. The molecule has 0 aliphatic heterocycles. The summed E-state index contributed by atoms with van der Waals surface area (Å²) in [5.41, 5.74) is 4.44. The minimum Gasteiger partial charge on any atom is -0.489 e. The van der Waals surface area contributed by atoms with Crippen LogP contribution in [0.25, 0.3) is 0 Å². The molecule has 0 aliphatic rings. The molecule has 0 N–H and O–H groups in total. The fourth-order valence-corrected chi connectivity index (χ4v) is 1.79. The summed E-state index contributed by atoms with van der Waals surface area (Å²) in [6.45, 7) is 22.9. The van der Waals surface area contributed by atoms with Gasteiger partial charge < -0.3 is 9.47 Å². The molecule has 0 rings (SSSR count). The van der Waals surface area contributed by atoms with Gasteiger partial charge in [0, 0.05) is 5.57 Å². The van der Waals surface area contributed by atoms with E-state index in [4.69, 9.17) is 4.74 Å². The van der Waals surface area contributed by atoms with Crippen molar-refractivity contribution < 1.29 is 14.3 Å². The van der Waals surface area contributed by atoms with E-state index < -0.39 is 0 Å². The summed E-state index contributed by atoms with van der Waals surface area (Å²) in [5.74, 6) is 0.595. The number of hydrogen-bond donors (Lipinski definition) is 0. The van der Waals surface area contributed by atoms with Gasteiger partial charge in [-0.2, -0.15) is 0 Å². The third-order valence-corrected chi connectivity index (χ3v) is 3.17. The van der Waals surface area contributed by atoms with Crippen LogP contribution < -0.4 is 0 Å². The Balaban J connectivity index is 5.28. The summed E-state index contributed by atoms with van der Waals surface area (Å²) in [4.78, 5) is 10.2. The van der Waals surface area contributed by atoms with E-state index in [1.54, 1.807) is 0 Å². The lowest BCUT2D eigenvalue weighted by atomic mass is 9.95. The van der Waals surface area contributed by atoms with E-state index in [0.717, 1.165) is 35.1 Å². The number of carbonyl (C=O) groups is 1. The molecule has 0 aliphatic carbocycles. The quantitative estimate of drug-likeness (QED) is 0.219. The van der Waals surface area contributed by atoms with Crippen molar-refractivity contribution >= 4 is 6.47 Å². The van der Waals surface area contributed by atoms with Crippen LogP contribution >= 0.6 is 0 Å². The van der Waals surface area contributed by atoms with E-state index in [9.17, 15) is 4.79 Å². The van der Waals surface area contributed by atoms with Gasteiger partial charge in [-0.3, -0.25) is 4.79 Å². The van der Waals surface area contributed by atoms with E-state index in [1.165, 1.54) is 0 Å². The molecule has 126 valence electrons. The van der Waals surface area contributed by atoms with Crippen LogP contribution in [0.2, 0.25) is 0 Å². The Labute approximate surface area is 140 Å². The van der Waals surface area contributed by atoms with Crippen LogP contribution in [-0.2, 0) is 14.3 Å². The standard InChI is InChI=1S/C20H28O3/c1-8-16(5)13-20(23-11-10-22-14-21)18(7)17(6)19(9-2)12-15(3)4/h12-14H,3,5-11H2,1-2,4H3/b19-12-,20-13+. The molecule has 0 aromatic heterocycles. The average Bonchev–Trinajstić information content (AvgIpc) is 2.53. The third kappa shape index (κ3) is 8.05. The van der Waals surface area contributed by atoms with E-state index >= 15 is 0 Å². The first-order chi connectivity index (χ1) is 10.9. The van der Waals surface area contributed by atoms with Crippen LogP contribution in [0.4, 0.5) is 0 Å². The van der Waals surface area contributed by atoms with Crippen molar-refractivity contribution in [3.05, 3.63) is 72.1 Å². The fraction of sp³-hybridized carbons (Fsp3) is 0.350. The fourth-order valence-electron chi connectivity index (χ4n) is 1.79.